The van der Waals surface area contributed by atoms with Gasteiger partial charge in [-0.1, -0.05) is 0 Å². The number of carbonyl (C=O) groups excluding carboxylic acids is 1. The zero-order chi connectivity index (χ0) is 9.19. The number of nitrogens with one attached hydrogen (secondary N) is 2. The van der Waals surface area contributed by atoms with Crippen molar-refractivity contribution in [1.29, 1.82) is 0 Å². The molecule has 12 heavy (non-hydrogen) atoms. The van der Waals surface area contributed by atoms with Gasteiger partial charge in [-0.05, 0) is 33.2 Å². The molecule has 0 bridgehead atoms. The van der Waals surface area contributed by atoms with Crippen molar-refractivity contribution in [3.05, 3.63) is 0 Å². The molecule has 0 spiro atoms. The summed E-state index contributed by atoms with van der Waals surface area (Å²) >= 11 is 0. The van der Waals surface area contributed by atoms with Crippen molar-refractivity contribution >= 4 is 5.91 Å². The number of aliphatic hydroxyl groups excluding tert-OH is 1. The van der Waals surface area contributed by atoms with Crippen molar-refractivity contribution in [1.82, 2.24) is 10.6 Å². The van der Waals surface area contributed by atoms with Crippen molar-refractivity contribution < 1.29 is 9.90 Å². The number of carbonyl (C=O) groups is 1. The van der Waals surface area contributed by atoms with Crippen molar-refractivity contribution in [2.75, 3.05) is 6.54 Å². The molecule has 1 aliphatic heterocycles. The Bertz CT molecular complexity index is 174. The average molecular weight is 172 g/mol. The molecule has 4 nitrogen and oxygen atoms in total. The SMILES string of the molecule is C[C@@H](O)NC(=O)C1(C)CCCN1. The number of hydrogen-bond acceptors (Lipinski definition) is 3. The third-order valence-corrected chi connectivity index (χ3v) is 2.21. The first-order valence-electron chi connectivity index (χ1n) is 4.29. The molecule has 1 amide bonds. The van der Waals surface area contributed by atoms with Gasteiger partial charge in [-0.15, -0.1) is 0 Å². The molecule has 4 heteroatoms. The first kappa shape index (κ1) is 9.48. The van der Waals surface area contributed by atoms with E-state index in [4.69, 9.17) is 5.11 Å². The number of amides is 1. The van der Waals surface area contributed by atoms with Gasteiger partial charge in [0, 0.05) is 0 Å². The first-order valence-corrected chi connectivity index (χ1v) is 4.29. The third-order valence-electron chi connectivity index (χ3n) is 2.21. The summed E-state index contributed by atoms with van der Waals surface area (Å²) in [4.78, 5) is 11.4. The van der Waals surface area contributed by atoms with Crippen molar-refractivity contribution in [3.8, 4) is 0 Å². The molecule has 0 aromatic heterocycles. The highest BCUT2D eigenvalue weighted by atomic mass is 16.3. The zero-order valence-electron chi connectivity index (χ0n) is 7.55. The number of rotatable bonds is 2. The summed E-state index contributed by atoms with van der Waals surface area (Å²) in [5, 5.41) is 14.5. The van der Waals surface area contributed by atoms with E-state index in [1.807, 2.05) is 6.92 Å². The average Bonchev–Trinajstić information content (AvgIpc) is 2.36. The van der Waals surface area contributed by atoms with E-state index in [0.717, 1.165) is 19.4 Å². The van der Waals surface area contributed by atoms with Crippen LogP contribution in [-0.4, -0.2) is 29.3 Å². The van der Waals surface area contributed by atoms with E-state index in [0.29, 0.717) is 0 Å². The third kappa shape index (κ3) is 1.95. The number of aliphatic hydroxyl groups is 1. The second-order valence-corrected chi connectivity index (χ2v) is 3.51. The lowest BCUT2D eigenvalue weighted by molar-refractivity contribution is -0.129. The Morgan fingerprint density at radius 3 is 2.83 bits per heavy atom. The topological polar surface area (TPSA) is 61.4 Å². The lowest BCUT2D eigenvalue weighted by atomic mass is 9.99. The summed E-state index contributed by atoms with van der Waals surface area (Å²) in [6.07, 6.45) is 1.09. The van der Waals surface area contributed by atoms with Crippen LogP contribution in [0.2, 0.25) is 0 Å². The molecular formula is C8H16N2O2. The highest BCUT2D eigenvalue weighted by Gasteiger charge is 2.35. The minimum absolute atomic E-state index is 0.116. The maximum atomic E-state index is 11.4. The fraction of sp³-hybridized carbons (Fsp3) is 0.875. The Labute approximate surface area is 72.3 Å². The van der Waals surface area contributed by atoms with Gasteiger partial charge in [0.2, 0.25) is 5.91 Å². The summed E-state index contributed by atoms with van der Waals surface area (Å²) in [6.45, 7) is 4.28. The van der Waals surface area contributed by atoms with Crippen LogP contribution in [-0.2, 0) is 4.79 Å². The predicted octanol–water partition coefficient (Wildman–Crippen LogP) is -0.417. The zero-order valence-corrected chi connectivity index (χ0v) is 7.55. The van der Waals surface area contributed by atoms with E-state index in [2.05, 4.69) is 10.6 Å². The number of hydrogen-bond donors (Lipinski definition) is 3. The Hall–Kier alpha value is -0.610. The normalized spacial score (nSPS) is 31.6. The highest BCUT2D eigenvalue weighted by Crippen LogP contribution is 2.18. The van der Waals surface area contributed by atoms with Crippen molar-refractivity contribution in [2.24, 2.45) is 0 Å². The molecule has 70 valence electrons. The van der Waals surface area contributed by atoms with Crippen LogP contribution in [0.5, 0.6) is 0 Å². The van der Waals surface area contributed by atoms with Gasteiger partial charge in [-0.25, -0.2) is 0 Å². The fourth-order valence-corrected chi connectivity index (χ4v) is 1.44. The quantitative estimate of drug-likeness (QED) is 0.496. The van der Waals surface area contributed by atoms with Crippen LogP contribution >= 0.6 is 0 Å². The lowest BCUT2D eigenvalue weighted by Gasteiger charge is -2.23. The Balaban J connectivity index is 2.50. The monoisotopic (exact) mass is 172 g/mol. The predicted molar refractivity (Wildman–Crippen MR) is 45.5 cm³/mol. The van der Waals surface area contributed by atoms with Gasteiger partial charge in [0.1, 0.15) is 6.23 Å². The van der Waals surface area contributed by atoms with Gasteiger partial charge >= 0.3 is 0 Å². The van der Waals surface area contributed by atoms with Crippen LogP contribution in [0, 0.1) is 0 Å². The fourth-order valence-electron chi connectivity index (χ4n) is 1.44. The van der Waals surface area contributed by atoms with Crippen LogP contribution in [0.4, 0.5) is 0 Å². The van der Waals surface area contributed by atoms with Crippen LogP contribution in [0.25, 0.3) is 0 Å². The van der Waals surface area contributed by atoms with Gasteiger partial charge in [0.05, 0.1) is 5.54 Å². The van der Waals surface area contributed by atoms with Crippen molar-refractivity contribution in [2.45, 2.75) is 38.5 Å². The molecule has 1 rings (SSSR count). The summed E-state index contributed by atoms with van der Waals surface area (Å²) in [6, 6.07) is 0. The maximum absolute atomic E-state index is 11.4. The molecule has 1 heterocycles. The molecule has 0 aromatic rings. The van der Waals surface area contributed by atoms with Crippen LogP contribution in [0.1, 0.15) is 26.7 Å². The minimum Gasteiger partial charge on any atom is -0.374 e. The van der Waals surface area contributed by atoms with Gasteiger partial charge in [-0.2, -0.15) is 0 Å². The lowest BCUT2D eigenvalue weighted by Crippen LogP contribution is -2.53. The van der Waals surface area contributed by atoms with Gasteiger partial charge in [0.25, 0.3) is 0 Å². The minimum atomic E-state index is -0.767. The molecular weight excluding hydrogens is 156 g/mol. The summed E-state index contributed by atoms with van der Waals surface area (Å²) in [7, 11) is 0. The van der Waals surface area contributed by atoms with Gasteiger partial charge in [0.15, 0.2) is 0 Å². The summed E-state index contributed by atoms with van der Waals surface area (Å²) < 4.78 is 0. The van der Waals surface area contributed by atoms with E-state index in [1.165, 1.54) is 6.92 Å². The van der Waals surface area contributed by atoms with E-state index in [-0.39, 0.29) is 5.91 Å². The molecule has 1 unspecified atom stereocenters. The molecule has 3 N–H and O–H groups in total. The van der Waals surface area contributed by atoms with Crippen molar-refractivity contribution in [3.63, 3.8) is 0 Å². The molecule has 1 aliphatic rings. The largest absolute Gasteiger partial charge is 0.374 e. The van der Waals surface area contributed by atoms with Gasteiger partial charge in [-0.3, -0.25) is 4.79 Å². The molecule has 1 saturated heterocycles. The maximum Gasteiger partial charge on any atom is 0.241 e. The summed E-state index contributed by atoms with van der Waals surface area (Å²) in [5.41, 5.74) is -0.475. The molecule has 0 saturated carbocycles. The smallest absolute Gasteiger partial charge is 0.241 e. The van der Waals surface area contributed by atoms with E-state index >= 15 is 0 Å². The van der Waals surface area contributed by atoms with Crippen LogP contribution in [0.15, 0.2) is 0 Å². The molecule has 0 aliphatic carbocycles. The Morgan fingerprint density at radius 2 is 2.42 bits per heavy atom. The molecule has 0 aromatic carbocycles. The Morgan fingerprint density at radius 1 is 1.75 bits per heavy atom. The van der Waals surface area contributed by atoms with Crippen LogP contribution < -0.4 is 10.6 Å². The highest BCUT2D eigenvalue weighted by molar-refractivity contribution is 5.86. The van der Waals surface area contributed by atoms with E-state index in [9.17, 15) is 4.79 Å². The van der Waals surface area contributed by atoms with Gasteiger partial charge < -0.3 is 15.7 Å². The summed E-state index contributed by atoms with van der Waals surface area (Å²) in [5.74, 6) is -0.116. The second kappa shape index (κ2) is 3.41. The Kier molecular flexibility index (Phi) is 2.69. The first-order chi connectivity index (χ1) is 5.54. The second-order valence-electron chi connectivity index (χ2n) is 3.51. The standard InChI is InChI=1S/C8H16N2O2/c1-6(11)10-7(12)8(2)4-3-5-9-8/h6,9,11H,3-5H2,1-2H3,(H,10,12)/t6-,8?/m1/s1. The molecule has 1 fully saturated rings. The van der Waals surface area contributed by atoms with E-state index < -0.39 is 11.8 Å². The molecule has 2 atom stereocenters. The molecule has 0 radical (unpaired) electrons. The van der Waals surface area contributed by atoms with Crippen LogP contribution in [0.3, 0.4) is 0 Å². The van der Waals surface area contributed by atoms with E-state index in [1.54, 1.807) is 0 Å².